The topological polar surface area (TPSA) is 27.1 Å². The van der Waals surface area contributed by atoms with Crippen LogP contribution < -0.4 is 0 Å². The van der Waals surface area contributed by atoms with Crippen LogP contribution in [0.2, 0.25) is 5.15 Å². The zero-order chi connectivity index (χ0) is 11.7. The van der Waals surface area contributed by atoms with Gasteiger partial charge in [-0.25, -0.2) is 4.98 Å². The van der Waals surface area contributed by atoms with Gasteiger partial charge in [-0.05, 0) is 19.1 Å². The van der Waals surface area contributed by atoms with E-state index in [-0.39, 0.29) is 0 Å². The van der Waals surface area contributed by atoms with E-state index in [2.05, 4.69) is 11.6 Å². The van der Waals surface area contributed by atoms with Gasteiger partial charge in [-0.2, -0.15) is 0 Å². The van der Waals surface area contributed by atoms with Crippen molar-refractivity contribution < 1.29 is 4.74 Å². The molecule has 0 fully saturated rings. The molecule has 3 nitrogen and oxygen atoms in total. The van der Waals surface area contributed by atoms with Crippen LogP contribution in [0.25, 0.3) is 16.8 Å². The maximum absolute atomic E-state index is 5.98. The van der Waals surface area contributed by atoms with E-state index in [0.29, 0.717) is 17.5 Å². The van der Waals surface area contributed by atoms with Gasteiger partial charge in [0.2, 0.25) is 0 Å². The number of aromatic nitrogens is 2. The molecule has 0 aliphatic heterocycles. The zero-order valence-electron chi connectivity index (χ0n) is 9.33. The first kappa shape index (κ1) is 11.0. The Labute approximate surface area is 99.3 Å². The Morgan fingerprint density at radius 3 is 3.06 bits per heavy atom. The summed E-state index contributed by atoms with van der Waals surface area (Å²) in [6.45, 7) is 6.41. The fourth-order valence-electron chi connectivity index (χ4n) is 1.68. The molecule has 84 valence electrons. The van der Waals surface area contributed by atoms with E-state index < -0.39 is 0 Å². The molecule has 16 heavy (non-hydrogen) atoms. The number of nitrogens with zero attached hydrogens (tertiary/aromatic N) is 2. The lowest BCUT2D eigenvalue weighted by atomic mass is 10.1. The van der Waals surface area contributed by atoms with Gasteiger partial charge in [-0.1, -0.05) is 18.2 Å². The van der Waals surface area contributed by atoms with Crippen LogP contribution in [0.5, 0.6) is 0 Å². The summed E-state index contributed by atoms with van der Waals surface area (Å²) >= 11 is 5.98. The highest BCUT2D eigenvalue weighted by Gasteiger charge is 2.10. The van der Waals surface area contributed by atoms with Crippen LogP contribution >= 0.6 is 11.6 Å². The minimum atomic E-state index is 0.449. The SMILES string of the molecule is C=C(OCC)c1cc(Cl)nc2c1ccn2C. The molecule has 0 saturated carbocycles. The largest absolute Gasteiger partial charge is 0.494 e. The lowest BCUT2D eigenvalue weighted by molar-refractivity contribution is 0.299. The van der Waals surface area contributed by atoms with Crippen molar-refractivity contribution in [3.63, 3.8) is 0 Å². The summed E-state index contributed by atoms with van der Waals surface area (Å²) in [5.41, 5.74) is 1.74. The van der Waals surface area contributed by atoms with E-state index in [1.165, 1.54) is 0 Å². The summed E-state index contributed by atoms with van der Waals surface area (Å²) in [4.78, 5) is 4.27. The van der Waals surface area contributed by atoms with Crippen LogP contribution in [0.15, 0.2) is 24.9 Å². The summed E-state index contributed by atoms with van der Waals surface area (Å²) in [5.74, 6) is 0.628. The Bertz CT molecular complexity index is 545. The molecule has 0 amide bonds. The Balaban J connectivity index is 2.64. The summed E-state index contributed by atoms with van der Waals surface area (Å²) < 4.78 is 7.33. The summed E-state index contributed by atoms with van der Waals surface area (Å²) in [6.07, 6.45) is 1.94. The monoisotopic (exact) mass is 236 g/mol. The first-order valence-electron chi connectivity index (χ1n) is 5.07. The van der Waals surface area contributed by atoms with Crippen LogP contribution in [0.3, 0.4) is 0 Å². The van der Waals surface area contributed by atoms with E-state index in [9.17, 15) is 0 Å². The molecule has 4 heteroatoms. The highest BCUT2D eigenvalue weighted by Crippen LogP contribution is 2.26. The molecule has 2 rings (SSSR count). The van der Waals surface area contributed by atoms with Gasteiger partial charge >= 0.3 is 0 Å². The molecular weight excluding hydrogens is 224 g/mol. The predicted molar refractivity (Wildman–Crippen MR) is 66.4 cm³/mol. The second-order valence-corrected chi connectivity index (χ2v) is 3.90. The molecule has 0 aliphatic rings. The number of hydrogen-bond acceptors (Lipinski definition) is 2. The number of aryl methyl sites for hydroxylation is 1. The molecule has 0 unspecified atom stereocenters. The molecule has 0 saturated heterocycles. The minimum absolute atomic E-state index is 0.449. The smallest absolute Gasteiger partial charge is 0.142 e. The van der Waals surface area contributed by atoms with Gasteiger partial charge in [0.25, 0.3) is 0 Å². The fraction of sp³-hybridized carbons (Fsp3) is 0.250. The molecule has 0 aromatic carbocycles. The van der Waals surface area contributed by atoms with Gasteiger partial charge in [0.1, 0.15) is 16.6 Å². The van der Waals surface area contributed by atoms with Crippen LogP contribution in [-0.2, 0) is 11.8 Å². The summed E-state index contributed by atoms with van der Waals surface area (Å²) in [5, 5.41) is 1.45. The second kappa shape index (κ2) is 4.18. The van der Waals surface area contributed by atoms with Crippen LogP contribution in [0.1, 0.15) is 12.5 Å². The average Bonchev–Trinajstić information content (AvgIpc) is 2.60. The maximum atomic E-state index is 5.98. The highest BCUT2D eigenvalue weighted by molar-refractivity contribution is 6.30. The predicted octanol–water partition coefficient (Wildman–Crippen LogP) is 3.23. The Hall–Kier alpha value is -1.48. The first-order chi connectivity index (χ1) is 7.63. The van der Waals surface area contributed by atoms with Crippen molar-refractivity contribution in [3.05, 3.63) is 35.6 Å². The number of pyridine rings is 1. The van der Waals surface area contributed by atoms with Crippen molar-refractivity contribution in [3.8, 4) is 0 Å². The molecule has 0 aliphatic carbocycles. The molecular formula is C12H13ClN2O. The lowest BCUT2D eigenvalue weighted by Gasteiger charge is -2.08. The number of halogens is 1. The number of hydrogen-bond donors (Lipinski definition) is 0. The molecule has 0 spiro atoms. The van der Waals surface area contributed by atoms with Crippen molar-refractivity contribution in [2.75, 3.05) is 6.61 Å². The first-order valence-corrected chi connectivity index (χ1v) is 5.45. The summed E-state index contributed by atoms with van der Waals surface area (Å²) in [6, 6.07) is 3.76. The van der Waals surface area contributed by atoms with Gasteiger partial charge in [0.15, 0.2) is 0 Å². The van der Waals surface area contributed by atoms with Gasteiger partial charge in [-0.15, -0.1) is 0 Å². The molecule has 0 atom stereocenters. The normalized spacial score (nSPS) is 10.7. The van der Waals surface area contributed by atoms with E-state index in [1.54, 1.807) is 6.07 Å². The second-order valence-electron chi connectivity index (χ2n) is 3.51. The van der Waals surface area contributed by atoms with Gasteiger partial charge in [-0.3, -0.25) is 0 Å². The molecule has 0 N–H and O–H groups in total. The Morgan fingerprint density at radius 2 is 2.38 bits per heavy atom. The maximum Gasteiger partial charge on any atom is 0.142 e. The van der Waals surface area contributed by atoms with Gasteiger partial charge < -0.3 is 9.30 Å². The van der Waals surface area contributed by atoms with E-state index >= 15 is 0 Å². The molecule has 2 aromatic heterocycles. The number of ether oxygens (including phenoxy) is 1. The minimum Gasteiger partial charge on any atom is -0.494 e. The third-order valence-corrected chi connectivity index (χ3v) is 2.62. The standard InChI is InChI=1S/C12H13ClN2O/c1-4-16-8(2)10-7-11(13)14-12-9(10)5-6-15(12)3/h5-7H,2,4H2,1,3H3. The molecule has 2 heterocycles. The summed E-state index contributed by atoms with van der Waals surface area (Å²) in [7, 11) is 1.93. The van der Waals surface area contributed by atoms with E-state index in [4.69, 9.17) is 16.3 Å². The van der Waals surface area contributed by atoms with Crippen LogP contribution in [-0.4, -0.2) is 16.2 Å². The van der Waals surface area contributed by atoms with Crippen molar-refractivity contribution >= 4 is 28.4 Å². The number of fused-ring (bicyclic) bond motifs is 1. The Morgan fingerprint density at radius 1 is 1.62 bits per heavy atom. The third-order valence-electron chi connectivity index (χ3n) is 2.43. The number of rotatable bonds is 3. The van der Waals surface area contributed by atoms with Crippen molar-refractivity contribution in [1.29, 1.82) is 0 Å². The quantitative estimate of drug-likeness (QED) is 0.604. The van der Waals surface area contributed by atoms with Gasteiger partial charge in [0.05, 0.1) is 6.61 Å². The average molecular weight is 237 g/mol. The van der Waals surface area contributed by atoms with E-state index in [1.807, 2.05) is 30.8 Å². The zero-order valence-corrected chi connectivity index (χ0v) is 10.1. The van der Waals surface area contributed by atoms with Crippen molar-refractivity contribution in [1.82, 2.24) is 9.55 Å². The lowest BCUT2D eigenvalue weighted by Crippen LogP contribution is -1.94. The molecule has 0 bridgehead atoms. The van der Waals surface area contributed by atoms with Gasteiger partial charge in [0, 0.05) is 24.2 Å². The van der Waals surface area contributed by atoms with Crippen molar-refractivity contribution in [2.24, 2.45) is 7.05 Å². The van der Waals surface area contributed by atoms with Crippen LogP contribution in [0.4, 0.5) is 0 Å². The third kappa shape index (κ3) is 1.78. The van der Waals surface area contributed by atoms with E-state index in [0.717, 1.165) is 16.6 Å². The molecule has 2 aromatic rings. The molecule has 0 radical (unpaired) electrons. The Kier molecular flexibility index (Phi) is 2.88. The fourth-order valence-corrected chi connectivity index (χ4v) is 1.87. The van der Waals surface area contributed by atoms with Crippen LogP contribution in [0, 0.1) is 0 Å². The highest BCUT2D eigenvalue weighted by atomic mass is 35.5. The van der Waals surface area contributed by atoms with Crippen molar-refractivity contribution in [2.45, 2.75) is 6.92 Å².